The molecule has 24 heavy (non-hydrogen) atoms. The van der Waals surface area contributed by atoms with Crippen molar-refractivity contribution in [3.8, 4) is 5.75 Å². The zero-order chi connectivity index (χ0) is 17.2. The lowest BCUT2D eigenvalue weighted by molar-refractivity contribution is -0.124. The van der Waals surface area contributed by atoms with Crippen LogP contribution in [0.5, 0.6) is 5.75 Å². The van der Waals surface area contributed by atoms with Crippen molar-refractivity contribution in [1.82, 2.24) is 0 Å². The average molecular weight is 352 g/mol. The van der Waals surface area contributed by atoms with Crippen molar-refractivity contribution in [3.05, 3.63) is 59.1 Å². The van der Waals surface area contributed by atoms with Crippen LogP contribution in [0.1, 0.15) is 24.8 Å². The van der Waals surface area contributed by atoms with Crippen molar-refractivity contribution in [2.45, 2.75) is 31.3 Å². The van der Waals surface area contributed by atoms with Crippen LogP contribution in [0.4, 0.5) is 14.5 Å². The number of nitrogens with one attached hydrogen (secondary N) is 1. The Labute approximate surface area is 143 Å². The second kappa shape index (κ2) is 6.77. The van der Waals surface area contributed by atoms with Gasteiger partial charge in [0.25, 0.3) is 0 Å². The first-order valence-electron chi connectivity index (χ1n) is 7.62. The van der Waals surface area contributed by atoms with Crippen molar-refractivity contribution in [3.63, 3.8) is 0 Å². The summed E-state index contributed by atoms with van der Waals surface area (Å²) in [5, 5.41) is 3.46. The first-order chi connectivity index (χ1) is 11.5. The fourth-order valence-corrected chi connectivity index (χ4v) is 3.12. The lowest BCUT2D eigenvalue weighted by Crippen LogP contribution is -2.46. The van der Waals surface area contributed by atoms with Crippen LogP contribution in [-0.2, 0) is 10.2 Å². The van der Waals surface area contributed by atoms with Crippen LogP contribution in [0.3, 0.4) is 0 Å². The third-order valence-corrected chi connectivity index (χ3v) is 4.59. The van der Waals surface area contributed by atoms with Gasteiger partial charge in [0.1, 0.15) is 5.75 Å². The molecule has 0 radical (unpaired) electrons. The fraction of sp³-hybridized carbons (Fsp3) is 0.278. The third kappa shape index (κ3) is 3.36. The van der Waals surface area contributed by atoms with Crippen LogP contribution >= 0.6 is 11.6 Å². The standard InChI is InChI=1S/C18H16ClF2NO2/c19-13-4-1-3-12(11-13)18(9-2-10-18)16(23)22-14-5-7-15(8-6-14)24-17(20)21/h1,3-8,11,17H,2,9-10H2,(H,22,23). The molecule has 1 N–H and O–H groups in total. The van der Waals surface area contributed by atoms with Crippen molar-refractivity contribution in [2.75, 3.05) is 5.32 Å². The summed E-state index contributed by atoms with van der Waals surface area (Å²) in [5.74, 6) is -0.0604. The van der Waals surface area contributed by atoms with E-state index in [1.807, 2.05) is 18.2 Å². The molecule has 1 amide bonds. The highest BCUT2D eigenvalue weighted by molar-refractivity contribution is 6.30. The molecule has 3 nitrogen and oxygen atoms in total. The molecular formula is C18H16ClF2NO2. The summed E-state index contributed by atoms with van der Waals surface area (Å²) < 4.78 is 28.6. The third-order valence-electron chi connectivity index (χ3n) is 4.36. The van der Waals surface area contributed by atoms with Crippen LogP contribution < -0.4 is 10.1 Å². The van der Waals surface area contributed by atoms with Gasteiger partial charge >= 0.3 is 6.61 Å². The zero-order valence-electron chi connectivity index (χ0n) is 12.8. The van der Waals surface area contributed by atoms with Gasteiger partial charge in [-0.05, 0) is 54.8 Å². The Morgan fingerprint density at radius 2 is 1.88 bits per heavy atom. The number of carbonyl (C=O) groups is 1. The number of rotatable bonds is 5. The minimum Gasteiger partial charge on any atom is -0.435 e. The van der Waals surface area contributed by atoms with E-state index < -0.39 is 12.0 Å². The van der Waals surface area contributed by atoms with E-state index in [2.05, 4.69) is 10.1 Å². The molecule has 0 aromatic heterocycles. The molecule has 1 fully saturated rings. The van der Waals surface area contributed by atoms with Crippen LogP contribution in [0.15, 0.2) is 48.5 Å². The SMILES string of the molecule is O=C(Nc1ccc(OC(F)F)cc1)C1(c2cccc(Cl)c2)CCC1. The number of halogens is 3. The minimum absolute atomic E-state index is 0.0520. The fourth-order valence-electron chi connectivity index (χ4n) is 2.93. The largest absolute Gasteiger partial charge is 0.435 e. The first-order valence-corrected chi connectivity index (χ1v) is 8.00. The van der Waals surface area contributed by atoms with E-state index in [9.17, 15) is 13.6 Å². The highest BCUT2D eigenvalue weighted by Gasteiger charge is 2.45. The average Bonchev–Trinajstić information content (AvgIpc) is 2.48. The summed E-state index contributed by atoms with van der Waals surface area (Å²) in [4.78, 5) is 12.8. The van der Waals surface area contributed by atoms with Gasteiger partial charge in [-0.15, -0.1) is 0 Å². The van der Waals surface area contributed by atoms with Crippen LogP contribution in [0.25, 0.3) is 0 Å². The molecule has 0 unspecified atom stereocenters. The normalized spacial score (nSPS) is 15.7. The van der Waals surface area contributed by atoms with Crippen LogP contribution in [0, 0.1) is 0 Å². The molecule has 2 aromatic carbocycles. The molecule has 0 spiro atoms. The van der Waals surface area contributed by atoms with E-state index in [1.54, 1.807) is 18.2 Å². The van der Waals surface area contributed by atoms with Gasteiger partial charge in [0.05, 0.1) is 5.41 Å². The van der Waals surface area contributed by atoms with Crippen molar-refractivity contribution >= 4 is 23.2 Å². The van der Waals surface area contributed by atoms with Crippen molar-refractivity contribution in [1.29, 1.82) is 0 Å². The molecule has 1 aliphatic rings. The van der Waals surface area contributed by atoms with E-state index in [-0.39, 0.29) is 11.7 Å². The van der Waals surface area contributed by atoms with Crippen molar-refractivity contribution < 1.29 is 18.3 Å². The number of alkyl halides is 2. The van der Waals surface area contributed by atoms with Crippen LogP contribution in [-0.4, -0.2) is 12.5 Å². The van der Waals surface area contributed by atoms with Gasteiger partial charge in [0, 0.05) is 10.7 Å². The summed E-state index contributed by atoms with van der Waals surface area (Å²) in [6.45, 7) is -2.87. The maximum absolute atomic E-state index is 12.8. The highest BCUT2D eigenvalue weighted by Crippen LogP contribution is 2.45. The molecule has 0 aliphatic heterocycles. The molecule has 3 rings (SSSR count). The van der Waals surface area contributed by atoms with E-state index in [0.29, 0.717) is 10.7 Å². The van der Waals surface area contributed by atoms with E-state index in [0.717, 1.165) is 24.8 Å². The Hall–Kier alpha value is -2.14. The number of carbonyl (C=O) groups excluding carboxylic acids is 1. The lowest BCUT2D eigenvalue weighted by atomic mass is 9.64. The molecular weight excluding hydrogens is 336 g/mol. The van der Waals surface area contributed by atoms with Gasteiger partial charge in [-0.25, -0.2) is 0 Å². The monoisotopic (exact) mass is 351 g/mol. The first kappa shape index (κ1) is 16.7. The number of anilines is 1. The second-order valence-electron chi connectivity index (χ2n) is 5.80. The molecule has 0 saturated heterocycles. The summed E-state index contributed by atoms with van der Waals surface area (Å²) in [7, 11) is 0. The molecule has 0 bridgehead atoms. The number of hydrogen-bond donors (Lipinski definition) is 1. The molecule has 1 saturated carbocycles. The van der Waals surface area contributed by atoms with Gasteiger partial charge in [-0.1, -0.05) is 30.2 Å². The molecule has 0 heterocycles. The summed E-state index contributed by atoms with van der Waals surface area (Å²) >= 11 is 6.05. The summed E-state index contributed by atoms with van der Waals surface area (Å²) in [6, 6.07) is 13.2. The quantitative estimate of drug-likeness (QED) is 0.823. The Kier molecular flexibility index (Phi) is 4.71. The smallest absolute Gasteiger partial charge is 0.387 e. The highest BCUT2D eigenvalue weighted by atomic mass is 35.5. The zero-order valence-corrected chi connectivity index (χ0v) is 13.5. The van der Waals surface area contributed by atoms with Gasteiger partial charge in [0.15, 0.2) is 0 Å². The van der Waals surface area contributed by atoms with Crippen LogP contribution in [0.2, 0.25) is 5.02 Å². The number of hydrogen-bond acceptors (Lipinski definition) is 2. The van der Waals surface area contributed by atoms with Gasteiger partial charge in [-0.2, -0.15) is 8.78 Å². The van der Waals surface area contributed by atoms with E-state index in [4.69, 9.17) is 11.6 Å². The van der Waals surface area contributed by atoms with Gasteiger partial charge < -0.3 is 10.1 Å². The topological polar surface area (TPSA) is 38.3 Å². The lowest BCUT2D eigenvalue weighted by Gasteiger charge is -2.40. The van der Waals surface area contributed by atoms with E-state index >= 15 is 0 Å². The maximum atomic E-state index is 12.8. The molecule has 6 heteroatoms. The Morgan fingerprint density at radius 3 is 2.42 bits per heavy atom. The molecule has 2 aromatic rings. The number of amides is 1. The van der Waals surface area contributed by atoms with Gasteiger partial charge in [-0.3, -0.25) is 4.79 Å². The number of benzene rings is 2. The maximum Gasteiger partial charge on any atom is 0.387 e. The summed E-state index contributed by atoms with van der Waals surface area (Å²) in [6.07, 6.45) is 2.48. The molecule has 126 valence electrons. The molecule has 0 atom stereocenters. The van der Waals surface area contributed by atoms with E-state index in [1.165, 1.54) is 12.1 Å². The predicted molar refractivity (Wildman–Crippen MR) is 88.7 cm³/mol. The minimum atomic E-state index is -2.87. The summed E-state index contributed by atoms with van der Waals surface area (Å²) in [5.41, 5.74) is 0.856. The second-order valence-corrected chi connectivity index (χ2v) is 6.24. The van der Waals surface area contributed by atoms with Crippen molar-refractivity contribution in [2.24, 2.45) is 0 Å². The Morgan fingerprint density at radius 1 is 1.17 bits per heavy atom. The van der Waals surface area contributed by atoms with Gasteiger partial charge in [0.2, 0.25) is 5.91 Å². The Balaban J connectivity index is 1.75. The number of ether oxygens (including phenoxy) is 1. The predicted octanol–water partition coefficient (Wildman–Crippen LogP) is 5.00. The molecule has 1 aliphatic carbocycles. The Bertz CT molecular complexity index is 730.